The predicted molar refractivity (Wildman–Crippen MR) is 55.2 cm³/mol. The zero-order valence-corrected chi connectivity index (χ0v) is 9.08. The van der Waals surface area contributed by atoms with E-state index in [-0.39, 0.29) is 5.91 Å². The highest BCUT2D eigenvalue weighted by Gasteiger charge is 2.13. The Morgan fingerprint density at radius 3 is 2.86 bits per heavy atom. The fraction of sp³-hybridized carbons (Fsp3) is 0.900. The molecule has 0 aromatic rings. The van der Waals surface area contributed by atoms with E-state index in [1.807, 2.05) is 0 Å². The van der Waals surface area contributed by atoms with Crippen molar-refractivity contribution >= 4 is 5.91 Å². The molecule has 1 rings (SSSR count). The summed E-state index contributed by atoms with van der Waals surface area (Å²) in [6.07, 6.45) is 3.84. The highest BCUT2D eigenvalue weighted by molar-refractivity contribution is 5.77. The largest absolute Gasteiger partial charge is 0.377 e. The maximum atomic E-state index is 11.2. The molecule has 82 valence electrons. The van der Waals surface area contributed by atoms with Crippen molar-refractivity contribution in [2.45, 2.75) is 25.4 Å². The number of ether oxygens (including phenoxy) is 1. The molecule has 0 aromatic heterocycles. The molecule has 1 saturated heterocycles. The minimum atomic E-state index is 0.112. The van der Waals surface area contributed by atoms with Gasteiger partial charge in [-0.05, 0) is 19.3 Å². The van der Waals surface area contributed by atoms with E-state index in [9.17, 15) is 4.79 Å². The van der Waals surface area contributed by atoms with Gasteiger partial charge in [0.05, 0.1) is 12.6 Å². The summed E-state index contributed by atoms with van der Waals surface area (Å²) >= 11 is 0. The number of rotatable bonds is 4. The normalized spacial score (nSPS) is 22.0. The van der Waals surface area contributed by atoms with E-state index in [4.69, 9.17) is 4.74 Å². The molecule has 1 N–H and O–H groups in total. The van der Waals surface area contributed by atoms with Crippen molar-refractivity contribution in [2.75, 3.05) is 33.8 Å². The Bertz CT molecular complexity index is 177. The van der Waals surface area contributed by atoms with Crippen molar-refractivity contribution in [3.63, 3.8) is 0 Å². The minimum absolute atomic E-state index is 0.112. The second-order valence-electron chi connectivity index (χ2n) is 3.91. The number of hydrogen-bond donors (Lipinski definition) is 1. The zero-order valence-electron chi connectivity index (χ0n) is 9.08. The number of carbonyl (C=O) groups excluding carboxylic acids is 1. The molecule has 0 aromatic carbocycles. The summed E-state index contributed by atoms with van der Waals surface area (Å²) in [6, 6.07) is 0. The Labute approximate surface area is 85.6 Å². The minimum Gasteiger partial charge on any atom is -0.377 e. The number of hydrogen-bond acceptors (Lipinski definition) is 3. The summed E-state index contributed by atoms with van der Waals surface area (Å²) in [4.78, 5) is 12.8. The lowest BCUT2D eigenvalue weighted by molar-refractivity contribution is -0.127. The maximum Gasteiger partial charge on any atom is 0.236 e. The van der Waals surface area contributed by atoms with Crippen molar-refractivity contribution in [1.29, 1.82) is 0 Å². The molecule has 1 fully saturated rings. The Balaban J connectivity index is 2.05. The monoisotopic (exact) mass is 200 g/mol. The molecular weight excluding hydrogens is 180 g/mol. The molecule has 1 heterocycles. The zero-order chi connectivity index (χ0) is 10.4. The van der Waals surface area contributed by atoms with Gasteiger partial charge < -0.3 is 15.0 Å². The fourth-order valence-electron chi connectivity index (χ4n) is 1.47. The quantitative estimate of drug-likeness (QED) is 0.706. The number of nitrogens with one attached hydrogen (secondary N) is 1. The Hall–Kier alpha value is -0.610. The Morgan fingerprint density at radius 2 is 2.29 bits per heavy atom. The number of nitrogens with zero attached hydrogens (tertiary/aromatic N) is 1. The van der Waals surface area contributed by atoms with Crippen LogP contribution in [-0.2, 0) is 9.53 Å². The van der Waals surface area contributed by atoms with Crippen LogP contribution in [0.1, 0.15) is 19.3 Å². The van der Waals surface area contributed by atoms with Crippen LogP contribution in [0.5, 0.6) is 0 Å². The van der Waals surface area contributed by atoms with Crippen molar-refractivity contribution in [2.24, 2.45) is 0 Å². The summed E-state index contributed by atoms with van der Waals surface area (Å²) < 4.78 is 5.53. The molecular formula is C10H20N2O2. The van der Waals surface area contributed by atoms with E-state index in [0.717, 1.165) is 19.6 Å². The van der Waals surface area contributed by atoms with Gasteiger partial charge in [-0.15, -0.1) is 0 Å². The first-order valence-corrected chi connectivity index (χ1v) is 5.22. The smallest absolute Gasteiger partial charge is 0.236 e. The van der Waals surface area contributed by atoms with Gasteiger partial charge in [0.2, 0.25) is 5.91 Å². The highest BCUT2D eigenvalue weighted by Crippen LogP contribution is 2.11. The van der Waals surface area contributed by atoms with Crippen molar-refractivity contribution in [1.82, 2.24) is 10.2 Å². The first-order chi connectivity index (χ1) is 6.70. The van der Waals surface area contributed by atoms with E-state index < -0.39 is 0 Å². The van der Waals surface area contributed by atoms with E-state index in [2.05, 4.69) is 5.32 Å². The third-order valence-corrected chi connectivity index (χ3v) is 2.42. The van der Waals surface area contributed by atoms with Crippen molar-refractivity contribution in [3.8, 4) is 0 Å². The van der Waals surface area contributed by atoms with E-state index in [1.54, 1.807) is 19.0 Å². The average Bonchev–Trinajstić information content (AvgIpc) is 2.19. The Morgan fingerprint density at radius 1 is 1.50 bits per heavy atom. The molecule has 1 aliphatic heterocycles. The second kappa shape index (κ2) is 5.98. The van der Waals surface area contributed by atoms with Gasteiger partial charge in [-0.2, -0.15) is 0 Å². The van der Waals surface area contributed by atoms with Gasteiger partial charge in [0.25, 0.3) is 0 Å². The van der Waals surface area contributed by atoms with Crippen LogP contribution in [0.4, 0.5) is 0 Å². The topological polar surface area (TPSA) is 41.6 Å². The lowest BCUT2D eigenvalue weighted by atomic mass is 10.1. The van der Waals surface area contributed by atoms with Gasteiger partial charge in [0.1, 0.15) is 0 Å². The molecule has 0 saturated carbocycles. The average molecular weight is 200 g/mol. The van der Waals surface area contributed by atoms with Gasteiger partial charge in [0.15, 0.2) is 0 Å². The van der Waals surface area contributed by atoms with Gasteiger partial charge in [-0.25, -0.2) is 0 Å². The summed E-state index contributed by atoms with van der Waals surface area (Å²) in [7, 11) is 3.53. The first kappa shape index (κ1) is 11.5. The first-order valence-electron chi connectivity index (χ1n) is 5.22. The summed E-state index contributed by atoms with van der Waals surface area (Å²) in [5, 5.41) is 3.12. The van der Waals surface area contributed by atoms with E-state index in [1.165, 1.54) is 12.8 Å². The molecule has 0 bridgehead atoms. The second-order valence-corrected chi connectivity index (χ2v) is 3.91. The fourth-order valence-corrected chi connectivity index (χ4v) is 1.47. The SMILES string of the molecule is CN(C)C(=O)CNCC1CCCCO1. The van der Waals surface area contributed by atoms with Crippen molar-refractivity contribution in [3.05, 3.63) is 0 Å². The summed E-state index contributed by atoms with van der Waals surface area (Å²) in [5.41, 5.74) is 0. The van der Waals surface area contributed by atoms with Gasteiger partial charge in [0, 0.05) is 27.2 Å². The standard InChI is InChI=1S/C10H20N2O2/c1-12(2)10(13)8-11-7-9-5-3-4-6-14-9/h9,11H,3-8H2,1-2H3. The third kappa shape index (κ3) is 4.07. The van der Waals surface area contributed by atoms with E-state index >= 15 is 0 Å². The molecule has 4 nitrogen and oxygen atoms in total. The number of likely N-dealkylation sites (N-methyl/N-ethyl adjacent to an activating group) is 1. The summed E-state index contributed by atoms with van der Waals surface area (Å²) in [6.45, 7) is 2.07. The van der Waals surface area contributed by atoms with Crippen LogP contribution in [0.3, 0.4) is 0 Å². The molecule has 0 spiro atoms. The lowest BCUT2D eigenvalue weighted by Gasteiger charge is -2.23. The molecule has 1 atom stereocenters. The van der Waals surface area contributed by atoms with Gasteiger partial charge in [-0.1, -0.05) is 0 Å². The number of amides is 1. The van der Waals surface area contributed by atoms with Crippen LogP contribution < -0.4 is 5.32 Å². The van der Waals surface area contributed by atoms with Crippen LogP contribution in [0.15, 0.2) is 0 Å². The predicted octanol–water partition coefficient (Wildman–Crippen LogP) is 0.233. The van der Waals surface area contributed by atoms with Gasteiger partial charge in [-0.3, -0.25) is 4.79 Å². The molecule has 4 heteroatoms. The molecule has 1 unspecified atom stereocenters. The molecule has 1 amide bonds. The van der Waals surface area contributed by atoms with E-state index in [0.29, 0.717) is 12.6 Å². The summed E-state index contributed by atoms with van der Waals surface area (Å²) in [5.74, 6) is 0.112. The third-order valence-electron chi connectivity index (χ3n) is 2.42. The maximum absolute atomic E-state index is 11.2. The molecule has 0 aliphatic carbocycles. The van der Waals surface area contributed by atoms with Crippen LogP contribution in [-0.4, -0.2) is 50.7 Å². The van der Waals surface area contributed by atoms with Crippen LogP contribution >= 0.6 is 0 Å². The van der Waals surface area contributed by atoms with Crippen molar-refractivity contribution < 1.29 is 9.53 Å². The molecule has 1 aliphatic rings. The van der Waals surface area contributed by atoms with Gasteiger partial charge >= 0.3 is 0 Å². The van der Waals surface area contributed by atoms with Crippen LogP contribution in [0.25, 0.3) is 0 Å². The lowest BCUT2D eigenvalue weighted by Crippen LogP contribution is -2.38. The Kier molecular flexibility index (Phi) is 4.90. The molecule has 14 heavy (non-hydrogen) atoms. The number of carbonyl (C=O) groups is 1. The highest BCUT2D eigenvalue weighted by atomic mass is 16.5. The molecule has 0 radical (unpaired) electrons. The van der Waals surface area contributed by atoms with Crippen LogP contribution in [0.2, 0.25) is 0 Å². The van der Waals surface area contributed by atoms with Crippen LogP contribution in [0, 0.1) is 0 Å².